The lowest BCUT2D eigenvalue weighted by molar-refractivity contribution is -0.119. The quantitative estimate of drug-likeness (QED) is 0.745. The van der Waals surface area contributed by atoms with Gasteiger partial charge in [-0.3, -0.25) is 4.79 Å². The summed E-state index contributed by atoms with van der Waals surface area (Å²) in [7, 11) is -3.41. The van der Waals surface area contributed by atoms with Gasteiger partial charge >= 0.3 is 6.03 Å². The number of sulfone groups is 1. The molecule has 3 amide bonds. The van der Waals surface area contributed by atoms with E-state index in [1.54, 1.807) is 6.92 Å². The van der Waals surface area contributed by atoms with E-state index in [1.165, 1.54) is 6.07 Å². The molecule has 0 bridgehead atoms. The summed E-state index contributed by atoms with van der Waals surface area (Å²) in [5, 5.41) is 0.0116. The van der Waals surface area contributed by atoms with Gasteiger partial charge in [-0.1, -0.05) is 11.6 Å². The Balaban J connectivity index is 2.02. The first kappa shape index (κ1) is 17.0. The largest absolute Gasteiger partial charge is 0.492 e. The first-order chi connectivity index (χ1) is 11.2. The van der Waals surface area contributed by atoms with E-state index in [9.17, 15) is 22.4 Å². The summed E-state index contributed by atoms with van der Waals surface area (Å²) in [6, 6.07) is 0.255. The van der Waals surface area contributed by atoms with Crippen molar-refractivity contribution >= 4 is 39.1 Å². The number of halogens is 2. The van der Waals surface area contributed by atoms with Gasteiger partial charge in [-0.15, -0.1) is 0 Å². The van der Waals surface area contributed by atoms with Gasteiger partial charge in [0.25, 0.3) is 5.91 Å². The van der Waals surface area contributed by atoms with Crippen molar-refractivity contribution in [3.05, 3.63) is 23.0 Å². The van der Waals surface area contributed by atoms with Crippen LogP contribution in [0.3, 0.4) is 0 Å². The fourth-order valence-corrected chi connectivity index (χ4v) is 4.44. The van der Waals surface area contributed by atoms with Crippen molar-refractivity contribution in [2.75, 3.05) is 29.6 Å². The molecule has 0 aromatic heterocycles. The van der Waals surface area contributed by atoms with Crippen LogP contribution in [0.5, 0.6) is 5.75 Å². The third-order valence-corrected chi connectivity index (χ3v) is 5.84. The van der Waals surface area contributed by atoms with E-state index in [4.69, 9.17) is 16.3 Å². The van der Waals surface area contributed by atoms with Gasteiger partial charge in [0.2, 0.25) is 0 Å². The summed E-state index contributed by atoms with van der Waals surface area (Å²) in [4.78, 5) is 26.8. The lowest BCUT2D eigenvalue weighted by Gasteiger charge is -2.26. The molecule has 2 fully saturated rings. The Labute approximate surface area is 142 Å². The molecule has 1 aromatic carbocycles. The van der Waals surface area contributed by atoms with Crippen LogP contribution in [0.2, 0.25) is 5.02 Å². The van der Waals surface area contributed by atoms with Crippen molar-refractivity contribution in [2.45, 2.75) is 13.0 Å². The number of carbonyl (C=O) groups is 2. The molecule has 2 aliphatic heterocycles. The number of urea groups is 1. The maximum atomic E-state index is 14.3. The first-order valence-corrected chi connectivity index (χ1v) is 9.42. The first-order valence-electron chi connectivity index (χ1n) is 7.22. The lowest BCUT2D eigenvalue weighted by Crippen LogP contribution is -2.48. The van der Waals surface area contributed by atoms with Crippen molar-refractivity contribution in [2.24, 2.45) is 0 Å². The van der Waals surface area contributed by atoms with Crippen LogP contribution < -0.4 is 9.64 Å². The Morgan fingerprint density at radius 2 is 2.08 bits per heavy atom. The predicted octanol–water partition coefficient (Wildman–Crippen LogP) is 1.44. The highest BCUT2D eigenvalue weighted by atomic mass is 35.5. The van der Waals surface area contributed by atoms with E-state index in [1.807, 2.05) is 0 Å². The van der Waals surface area contributed by atoms with Crippen molar-refractivity contribution in [1.82, 2.24) is 4.90 Å². The molecule has 1 atom stereocenters. The molecule has 24 heavy (non-hydrogen) atoms. The van der Waals surface area contributed by atoms with Crippen LogP contribution in [0.1, 0.15) is 6.92 Å². The van der Waals surface area contributed by atoms with Gasteiger partial charge in [-0.05, 0) is 13.0 Å². The molecule has 1 unspecified atom stereocenters. The molecule has 3 rings (SSSR count). The van der Waals surface area contributed by atoms with Gasteiger partial charge in [0, 0.05) is 12.6 Å². The number of benzene rings is 1. The summed E-state index contributed by atoms with van der Waals surface area (Å²) in [6.07, 6.45) is 0. The maximum Gasteiger partial charge on any atom is 0.332 e. The Morgan fingerprint density at radius 1 is 1.38 bits per heavy atom. The van der Waals surface area contributed by atoms with E-state index in [2.05, 4.69) is 0 Å². The minimum atomic E-state index is -3.41. The van der Waals surface area contributed by atoms with E-state index < -0.39 is 39.4 Å². The van der Waals surface area contributed by atoms with Crippen LogP contribution in [0.15, 0.2) is 12.1 Å². The molecule has 10 heteroatoms. The van der Waals surface area contributed by atoms with E-state index in [0.29, 0.717) is 4.90 Å². The molecule has 2 aliphatic rings. The molecule has 0 spiro atoms. The average Bonchev–Trinajstić information content (AvgIpc) is 2.72. The second-order valence-electron chi connectivity index (χ2n) is 5.45. The number of amides is 3. The highest BCUT2D eigenvalue weighted by molar-refractivity contribution is 7.91. The summed E-state index contributed by atoms with van der Waals surface area (Å²) in [5.74, 6) is -2.18. The molecular weight excluding hydrogens is 363 g/mol. The minimum absolute atomic E-state index is 0.0116. The highest BCUT2D eigenvalue weighted by Gasteiger charge is 2.50. The fourth-order valence-electron chi connectivity index (χ4n) is 2.79. The number of anilines is 1. The third-order valence-electron chi connectivity index (χ3n) is 3.92. The van der Waals surface area contributed by atoms with Gasteiger partial charge < -0.3 is 9.64 Å². The van der Waals surface area contributed by atoms with Crippen LogP contribution >= 0.6 is 11.6 Å². The fraction of sp³-hybridized carbons (Fsp3) is 0.429. The summed E-state index contributed by atoms with van der Waals surface area (Å²) < 4.78 is 43.0. The molecule has 2 saturated heterocycles. The van der Waals surface area contributed by atoms with Crippen LogP contribution in [0, 0.1) is 5.82 Å². The average molecular weight is 377 g/mol. The molecule has 2 heterocycles. The molecule has 0 aliphatic carbocycles. The van der Waals surface area contributed by atoms with Crippen LogP contribution in [-0.2, 0) is 14.6 Å². The standard InChI is InChI=1S/C14H14ClFN2O5S/c1-2-23-12-6-10(9(16)5-8(12)15)18-13(19)11-7-24(21,22)4-3-17(11)14(18)20/h5-6,11H,2-4,7H2,1H3. The van der Waals surface area contributed by atoms with Gasteiger partial charge in [0.15, 0.2) is 9.84 Å². The normalized spacial score (nSPS) is 22.7. The van der Waals surface area contributed by atoms with E-state index in [0.717, 1.165) is 11.0 Å². The molecule has 0 radical (unpaired) electrons. The Bertz CT molecular complexity index is 829. The topological polar surface area (TPSA) is 84.0 Å². The van der Waals surface area contributed by atoms with Crippen molar-refractivity contribution < 1.29 is 27.1 Å². The number of fused-ring (bicyclic) bond motifs is 1. The zero-order valence-electron chi connectivity index (χ0n) is 12.7. The molecule has 0 N–H and O–H groups in total. The minimum Gasteiger partial charge on any atom is -0.492 e. The van der Waals surface area contributed by atoms with Crippen molar-refractivity contribution in [3.63, 3.8) is 0 Å². The number of nitrogens with zero attached hydrogens (tertiary/aromatic N) is 2. The SMILES string of the molecule is CCOc1cc(N2C(=O)C3CS(=O)(=O)CCN3C2=O)c(F)cc1Cl. The van der Waals surface area contributed by atoms with Crippen LogP contribution in [0.4, 0.5) is 14.9 Å². The van der Waals surface area contributed by atoms with Crippen LogP contribution in [-0.4, -0.2) is 56.0 Å². The summed E-state index contributed by atoms with van der Waals surface area (Å²) in [5.41, 5.74) is -0.301. The number of imide groups is 1. The number of ether oxygens (including phenoxy) is 1. The van der Waals surface area contributed by atoms with E-state index in [-0.39, 0.29) is 35.4 Å². The van der Waals surface area contributed by atoms with E-state index >= 15 is 0 Å². The molecular formula is C14H14ClFN2O5S. The number of rotatable bonds is 3. The molecule has 0 saturated carbocycles. The summed E-state index contributed by atoms with van der Waals surface area (Å²) in [6.45, 7) is 1.87. The Hall–Kier alpha value is -1.87. The highest BCUT2D eigenvalue weighted by Crippen LogP contribution is 2.36. The van der Waals surface area contributed by atoms with Gasteiger partial charge in [-0.2, -0.15) is 0 Å². The zero-order valence-corrected chi connectivity index (χ0v) is 14.2. The van der Waals surface area contributed by atoms with Crippen molar-refractivity contribution in [3.8, 4) is 5.75 Å². The third kappa shape index (κ3) is 2.71. The van der Waals surface area contributed by atoms with Gasteiger partial charge in [0.1, 0.15) is 17.6 Å². The molecule has 1 aromatic rings. The monoisotopic (exact) mass is 376 g/mol. The summed E-state index contributed by atoms with van der Waals surface area (Å²) >= 11 is 5.88. The second kappa shape index (κ2) is 5.89. The number of carbonyl (C=O) groups excluding carboxylic acids is 2. The van der Waals surface area contributed by atoms with Gasteiger partial charge in [-0.25, -0.2) is 22.5 Å². The number of hydrogen-bond donors (Lipinski definition) is 0. The zero-order chi connectivity index (χ0) is 17.6. The second-order valence-corrected chi connectivity index (χ2v) is 8.08. The Morgan fingerprint density at radius 3 is 2.75 bits per heavy atom. The van der Waals surface area contributed by atoms with Gasteiger partial charge in [0.05, 0.1) is 28.8 Å². The predicted molar refractivity (Wildman–Crippen MR) is 84.6 cm³/mol. The maximum absolute atomic E-state index is 14.3. The van der Waals surface area contributed by atoms with Crippen molar-refractivity contribution in [1.29, 1.82) is 0 Å². The molecule has 7 nitrogen and oxygen atoms in total. The van der Waals surface area contributed by atoms with Crippen LogP contribution in [0.25, 0.3) is 0 Å². The smallest absolute Gasteiger partial charge is 0.332 e. The Kier molecular flexibility index (Phi) is 4.16. The molecule has 130 valence electrons. The lowest BCUT2D eigenvalue weighted by atomic mass is 10.2. The number of hydrogen-bond acceptors (Lipinski definition) is 5.